The summed E-state index contributed by atoms with van der Waals surface area (Å²) < 4.78 is 0. The first kappa shape index (κ1) is 11.6. The Bertz CT molecular complexity index is 428. The summed E-state index contributed by atoms with van der Waals surface area (Å²) in [5.41, 5.74) is 0. The molecular formula is C10H15N5O2. The fourth-order valence-corrected chi connectivity index (χ4v) is 1.69. The molecule has 2 amide bonds. The van der Waals surface area contributed by atoms with Crippen LogP contribution in [0, 0.1) is 0 Å². The summed E-state index contributed by atoms with van der Waals surface area (Å²) in [7, 11) is 0. The Balaban J connectivity index is 2.05. The maximum atomic E-state index is 12.0. The van der Waals surface area contributed by atoms with Crippen LogP contribution in [0.1, 0.15) is 29.8 Å². The van der Waals surface area contributed by atoms with Crippen LogP contribution in [0.25, 0.3) is 0 Å². The molecule has 7 nitrogen and oxygen atoms in total. The molecule has 0 unspecified atom stereocenters. The molecule has 7 heteroatoms. The predicted molar refractivity (Wildman–Crippen MR) is 59.3 cm³/mol. The van der Waals surface area contributed by atoms with Crippen LogP contribution < -0.4 is 5.32 Å². The van der Waals surface area contributed by atoms with E-state index in [0.717, 1.165) is 12.8 Å². The monoisotopic (exact) mass is 237 g/mol. The molecule has 92 valence electrons. The molecule has 0 saturated carbocycles. The Labute approximate surface area is 98.6 Å². The highest BCUT2D eigenvalue weighted by atomic mass is 16.2. The first-order chi connectivity index (χ1) is 8.20. The summed E-state index contributed by atoms with van der Waals surface area (Å²) in [5, 5.41) is 9.27. The Kier molecular flexibility index (Phi) is 3.36. The van der Waals surface area contributed by atoms with E-state index < -0.39 is 0 Å². The van der Waals surface area contributed by atoms with E-state index in [0.29, 0.717) is 18.9 Å². The Hall–Kier alpha value is -1.92. The summed E-state index contributed by atoms with van der Waals surface area (Å²) in [4.78, 5) is 28.7. The number of piperazine rings is 1. The van der Waals surface area contributed by atoms with Crippen LogP contribution in [0.5, 0.6) is 0 Å². The van der Waals surface area contributed by atoms with Gasteiger partial charge in [0, 0.05) is 19.5 Å². The van der Waals surface area contributed by atoms with Gasteiger partial charge in [0.15, 0.2) is 0 Å². The summed E-state index contributed by atoms with van der Waals surface area (Å²) >= 11 is 0. The van der Waals surface area contributed by atoms with Crippen LogP contribution in [0.3, 0.4) is 0 Å². The van der Waals surface area contributed by atoms with Crippen molar-refractivity contribution in [2.75, 3.05) is 19.6 Å². The van der Waals surface area contributed by atoms with E-state index in [-0.39, 0.29) is 24.2 Å². The summed E-state index contributed by atoms with van der Waals surface area (Å²) in [5.74, 6) is 0.410. The largest absolute Gasteiger partial charge is 0.353 e. The van der Waals surface area contributed by atoms with Crippen LogP contribution in [-0.4, -0.2) is 51.5 Å². The quantitative estimate of drug-likeness (QED) is 0.729. The molecule has 2 heterocycles. The van der Waals surface area contributed by atoms with Gasteiger partial charge >= 0.3 is 0 Å². The lowest BCUT2D eigenvalue weighted by molar-refractivity contribution is -0.123. The molecule has 1 saturated heterocycles. The van der Waals surface area contributed by atoms with E-state index in [2.05, 4.69) is 20.5 Å². The second-order valence-electron chi connectivity index (χ2n) is 3.93. The third-order valence-corrected chi connectivity index (χ3v) is 2.54. The molecule has 1 aromatic heterocycles. The van der Waals surface area contributed by atoms with Gasteiger partial charge in [0.25, 0.3) is 5.91 Å². The van der Waals surface area contributed by atoms with Crippen molar-refractivity contribution >= 4 is 11.8 Å². The molecule has 0 bridgehead atoms. The van der Waals surface area contributed by atoms with Gasteiger partial charge < -0.3 is 10.2 Å². The SMILES string of the molecule is CCCc1nc(C(=O)N2CCNC(=O)C2)n[nH]1. The maximum absolute atomic E-state index is 12.0. The number of aryl methyl sites for hydroxylation is 1. The van der Waals surface area contributed by atoms with Crippen molar-refractivity contribution in [1.29, 1.82) is 0 Å². The molecular weight excluding hydrogens is 222 g/mol. The lowest BCUT2D eigenvalue weighted by Gasteiger charge is -2.25. The van der Waals surface area contributed by atoms with Gasteiger partial charge in [-0.25, -0.2) is 4.98 Å². The fraction of sp³-hybridized carbons (Fsp3) is 0.600. The zero-order valence-electron chi connectivity index (χ0n) is 9.69. The Morgan fingerprint density at radius 1 is 1.53 bits per heavy atom. The Morgan fingerprint density at radius 3 is 3.06 bits per heavy atom. The number of hydrogen-bond donors (Lipinski definition) is 2. The molecule has 17 heavy (non-hydrogen) atoms. The van der Waals surface area contributed by atoms with Gasteiger partial charge in [-0.15, -0.1) is 5.10 Å². The number of aromatic nitrogens is 3. The molecule has 0 atom stereocenters. The van der Waals surface area contributed by atoms with E-state index in [9.17, 15) is 9.59 Å². The highest BCUT2D eigenvalue weighted by molar-refractivity contribution is 5.94. The van der Waals surface area contributed by atoms with Gasteiger partial charge in [0.05, 0.1) is 0 Å². The fourth-order valence-electron chi connectivity index (χ4n) is 1.69. The molecule has 2 rings (SSSR count). The van der Waals surface area contributed by atoms with Crippen LogP contribution in [0.4, 0.5) is 0 Å². The average Bonchev–Trinajstić information content (AvgIpc) is 2.77. The van der Waals surface area contributed by atoms with Crippen molar-refractivity contribution in [1.82, 2.24) is 25.4 Å². The molecule has 0 radical (unpaired) electrons. The number of hydrogen-bond acceptors (Lipinski definition) is 4. The second-order valence-corrected chi connectivity index (χ2v) is 3.93. The second kappa shape index (κ2) is 4.94. The van der Waals surface area contributed by atoms with Crippen LogP contribution in [0.2, 0.25) is 0 Å². The van der Waals surface area contributed by atoms with Crippen molar-refractivity contribution in [2.45, 2.75) is 19.8 Å². The summed E-state index contributed by atoms with van der Waals surface area (Å²) in [6, 6.07) is 0. The minimum Gasteiger partial charge on any atom is -0.353 e. The number of carbonyl (C=O) groups excluding carboxylic acids is 2. The van der Waals surface area contributed by atoms with Gasteiger partial charge in [0.2, 0.25) is 11.7 Å². The molecule has 1 aliphatic heterocycles. The third kappa shape index (κ3) is 2.61. The van der Waals surface area contributed by atoms with Crippen LogP contribution in [-0.2, 0) is 11.2 Å². The van der Waals surface area contributed by atoms with E-state index in [1.54, 1.807) is 0 Å². The van der Waals surface area contributed by atoms with Gasteiger partial charge in [-0.05, 0) is 6.42 Å². The van der Waals surface area contributed by atoms with Crippen molar-refractivity contribution in [3.8, 4) is 0 Å². The summed E-state index contributed by atoms with van der Waals surface area (Å²) in [6.45, 7) is 3.09. The van der Waals surface area contributed by atoms with E-state index in [4.69, 9.17) is 0 Å². The molecule has 0 aliphatic carbocycles. The molecule has 0 aromatic carbocycles. The van der Waals surface area contributed by atoms with Crippen molar-refractivity contribution in [2.24, 2.45) is 0 Å². The molecule has 2 N–H and O–H groups in total. The number of aromatic amines is 1. The minimum atomic E-state index is -0.293. The summed E-state index contributed by atoms with van der Waals surface area (Å²) in [6.07, 6.45) is 1.70. The first-order valence-corrected chi connectivity index (χ1v) is 5.68. The molecule has 1 fully saturated rings. The number of nitrogens with one attached hydrogen (secondary N) is 2. The molecule has 1 aromatic rings. The number of amides is 2. The van der Waals surface area contributed by atoms with E-state index >= 15 is 0 Å². The van der Waals surface area contributed by atoms with Crippen molar-refractivity contribution < 1.29 is 9.59 Å². The topological polar surface area (TPSA) is 91.0 Å². The number of nitrogens with zero attached hydrogens (tertiary/aromatic N) is 3. The normalized spacial score (nSPS) is 15.8. The number of H-pyrrole nitrogens is 1. The highest BCUT2D eigenvalue weighted by Crippen LogP contribution is 2.03. The van der Waals surface area contributed by atoms with E-state index in [1.807, 2.05) is 6.92 Å². The lowest BCUT2D eigenvalue weighted by Crippen LogP contribution is -2.50. The van der Waals surface area contributed by atoms with Crippen LogP contribution >= 0.6 is 0 Å². The Morgan fingerprint density at radius 2 is 2.35 bits per heavy atom. The maximum Gasteiger partial charge on any atom is 0.294 e. The minimum absolute atomic E-state index is 0.0798. The molecule has 1 aliphatic rings. The standard InChI is InChI=1S/C10H15N5O2/c1-2-3-7-12-9(14-13-7)10(17)15-5-4-11-8(16)6-15/h2-6H2,1H3,(H,11,16)(H,12,13,14). The number of rotatable bonds is 3. The third-order valence-electron chi connectivity index (χ3n) is 2.54. The van der Waals surface area contributed by atoms with Crippen LogP contribution in [0.15, 0.2) is 0 Å². The van der Waals surface area contributed by atoms with Gasteiger partial charge in [0.1, 0.15) is 12.4 Å². The van der Waals surface area contributed by atoms with Gasteiger partial charge in [-0.3, -0.25) is 14.7 Å². The van der Waals surface area contributed by atoms with Crippen molar-refractivity contribution in [3.05, 3.63) is 11.6 Å². The van der Waals surface area contributed by atoms with E-state index in [1.165, 1.54) is 4.90 Å². The first-order valence-electron chi connectivity index (χ1n) is 5.68. The lowest BCUT2D eigenvalue weighted by atomic mass is 10.3. The highest BCUT2D eigenvalue weighted by Gasteiger charge is 2.24. The zero-order valence-corrected chi connectivity index (χ0v) is 9.69. The van der Waals surface area contributed by atoms with Gasteiger partial charge in [-0.1, -0.05) is 6.92 Å². The average molecular weight is 237 g/mol. The smallest absolute Gasteiger partial charge is 0.294 e. The predicted octanol–water partition coefficient (Wildman–Crippen LogP) is -0.671. The number of carbonyl (C=O) groups is 2. The van der Waals surface area contributed by atoms with Gasteiger partial charge in [-0.2, -0.15) is 0 Å². The van der Waals surface area contributed by atoms with Crippen molar-refractivity contribution in [3.63, 3.8) is 0 Å². The zero-order chi connectivity index (χ0) is 12.3. The molecule has 0 spiro atoms.